The van der Waals surface area contributed by atoms with Crippen LogP contribution < -0.4 is 0 Å². The van der Waals surface area contributed by atoms with E-state index < -0.39 is 0 Å². The van der Waals surface area contributed by atoms with Gasteiger partial charge in [-0.05, 0) is 0 Å². The van der Waals surface area contributed by atoms with Crippen LogP contribution in [0.5, 0.6) is 0 Å². The molecule has 0 aromatic carbocycles. The zero-order valence-corrected chi connectivity index (χ0v) is 6.05. The van der Waals surface area contributed by atoms with Crippen molar-refractivity contribution in [3.8, 4) is 0 Å². The largest absolute Gasteiger partial charge is 0.358 e. The Morgan fingerprint density at radius 2 is 1.20 bits per heavy atom. The van der Waals surface area contributed by atoms with Crippen molar-refractivity contribution >= 4 is 0 Å². The van der Waals surface area contributed by atoms with Crippen LogP contribution in [0.25, 0.3) is 0 Å². The fourth-order valence-electron chi connectivity index (χ4n) is 0. The Balaban J connectivity index is -0.0000000200. The van der Waals surface area contributed by atoms with Gasteiger partial charge >= 0.3 is 0 Å². The van der Waals surface area contributed by atoms with E-state index in [9.17, 15) is 0 Å². The summed E-state index contributed by atoms with van der Waals surface area (Å²) < 4.78 is 0. The quantitative estimate of drug-likeness (QED) is 0.456. The van der Waals surface area contributed by atoms with Gasteiger partial charge in [0.15, 0.2) is 0 Å². The van der Waals surface area contributed by atoms with E-state index in [1.807, 2.05) is 20.3 Å². The molecule has 0 fully saturated rings. The molecule has 1 radical (unpaired) electrons. The summed E-state index contributed by atoms with van der Waals surface area (Å²) in [5.74, 6) is 0. The molecule has 0 N–H and O–H groups in total. The summed E-state index contributed by atoms with van der Waals surface area (Å²) in [6.07, 6.45) is 2.00. The Bertz CT molecular complexity index is 3.61. The molecule has 0 heterocycles. The van der Waals surface area contributed by atoms with Crippen LogP contribution in [-0.2, 0) is 22.4 Å². The van der Waals surface area contributed by atoms with E-state index in [1.165, 1.54) is 0 Å². The van der Waals surface area contributed by atoms with Crippen LogP contribution in [0.2, 0.25) is 0 Å². The fourth-order valence-corrected chi connectivity index (χ4v) is 0. The summed E-state index contributed by atoms with van der Waals surface area (Å²) in [5.41, 5.74) is 0. The van der Waals surface area contributed by atoms with Gasteiger partial charge in [0.25, 0.3) is 0 Å². The van der Waals surface area contributed by atoms with E-state index in [4.69, 9.17) is 0 Å². The molecule has 39 valence electrons. The van der Waals surface area contributed by atoms with E-state index in [-0.39, 0.29) is 29.8 Å². The van der Waals surface area contributed by atoms with E-state index in [0.29, 0.717) is 0 Å². The second-order valence-electron chi connectivity index (χ2n) is 0.577. The molecule has 0 saturated carbocycles. The van der Waals surface area contributed by atoms with Gasteiger partial charge in [-0.3, -0.25) is 0 Å². The van der Waals surface area contributed by atoms with Gasteiger partial charge in [-0.25, -0.2) is 0 Å². The first-order valence-electron chi connectivity index (χ1n) is 1.15. The molecule has 0 atom stereocenters. The zero-order valence-electron chi connectivity index (χ0n) is 3.88. The minimum absolute atomic E-state index is 0. The zero-order chi connectivity index (χ0) is 2.71. The fraction of sp³-hybridized carbons (Fsp3) is 0.500. The van der Waals surface area contributed by atoms with Crippen LogP contribution in [0.3, 0.4) is 0 Å². The Morgan fingerprint density at radius 3 is 1.20 bits per heavy atom. The maximum atomic E-state index is 2.00. The van der Waals surface area contributed by atoms with Gasteiger partial charge in [0.1, 0.15) is 0 Å². The molecule has 0 aromatic rings. The van der Waals surface area contributed by atoms with Crippen molar-refractivity contribution < 1.29 is 22.4 Å². The summed E-state index contributed by atoms with van der Waals surface area (Å²) in [4.78, 5) is 0. The monoisotopic (exact) mass is 255 g/mol. The van der Waals surface area contributed by atoms with Gasteiger partial charge in [0.2, 0.25) is 0 Å². The van der Waals surface area contributed by atoms with Crippen molar-refractivity contribution in [3.63, 3.8) is 0 Å². The predicted molar refractivity (Wildman–Crippen MR) is 22.1 cm³/mol. The van der Waals surface area contributed by atoms with Crippen LogP contribution >= 0.6 is 0 Å². The Morgan fingerprint density at radius 1 is 1.20 bits per heavy atom. The van der Waals surface area contributed by atoms with E-state index >= 15 is 0 Å². The molecule has 0 aromatic heterocycles. The SMILES string of the molecule is C[CH-]C.[Au].[CH3-]. The molecule has 5 heavy (non-hydrogen) atoms. The van der Waals surface area contributed by atoms with Gasteiger partial charge in [-0.1, -0.05) is 0 Å². The third-order valence-electron chi connectivity index (χ3n) is 0. The van der Waals surface area contributed by atoms with Gasteiger partial charge in [0, 0.05) is 22.4 Å². The van der Waals surface area contributed by atoms with Crippen LogP contribution in [0, 0.1) is 13.8 Å². The van der Waals surface area contributed by atoms with Crippen molar-refractivity contribution in [2.45, 2.75) is 13.8 Å². The molecule has 1 heteroatoms. The average Bonchev–Trinajstić information content (AvgIpc) is 0.918. The molecule has 0 amide bonds. The second-order valence-corrected chi connectivity index (χ2v) is 0.577. The van der Waals surface area contributed by atoms with Gasteiger partial charge < -0.3 is 13.8 Å². The Labute approximate surface area is 50.5 Å². The first-order valence-corrected chi connectivity index (χ1v) is 1.15. The molecule has 0 spiro atoms. The predicted octanol–water partition coefficient (Wildman–Crippen LogP) is 1.68. The third-order valence-corrected chi connectivity index (χ3v) is 0. The average molecular weight is 255 g/mol. The number of rotatable bonds is 0. The number of hydrogen-bond donors (Lipinski definition) is 0. The van der Waals surface area contributed by atoms with Gasteiger partial charge in [-0.15, -0.1) is 0 Å². The van der Waals surface area contributed by atoms with E-state index in [0.717, 1.165) is 0 Å². The summed E-state index contributed by atoms with van der Waals surface area (Å²) in [7, 11) is 0. The summed E-state index contributed by atoms with van der Waals surface area (Å²) in [6.45, 7) is 4.00. The number of hydrogen-bond acceptors (Lipinski definition) is 0. The molecular weight excluding hydrogens is 245 g/mol. The van der Waals surface area contributed by atoms with Crippen LogP contribution in [-0.4, -0.2) is 0 Å². The van der Waals surface area contributed by atoms with Crippen molar-refractivity contribution in [3.05, 3.63) is 13.8 Å². The minimum atomic E-state index is 0. The van der Waals surface area contributed by atoms with Crippen LogP contribution in [0.1, 0.15) is 13.8 Å². The molecule has 0 aliphatic carbocycles. The standard InChI is InChI=1S/C3H7.CH3.Au/c1-3-2;;/h3H,1-2H3;1H3;/q2*-1;. The maximum absolute atomic E-state index is 2.00. The first-order chi connectivity index (χ1) is 1.41. The Hall–Kier alpha value is 0.740. The van der Waals surface area contributed by atoms with Crippen LogP contribution in [0.15, 0.2) is 0 Å². The van der Waals surface area contributed by atoms with E-state index in [2.05, 4.69) is 0 Å². The third kappa shape index (κ3) is 65.0. The van der Waals surface area contributed by atoms with Crippen molar-refractivity contribution in [1.29, 1.82) is 0 Å². The second kappa shape index (κ2) is 21.9. The minimum Gasteiger partial charge on any atom is -0.358 e. The first kappa shape index (κ1) is 17.2. The smallest absolute Gasteiger partial charge is 0 e. The molecule has 0 saturated heterocycles. The molecule has 0 rings (SSSR count). The van der Waals surface area contributed by atoms with Crippen molar-refractivity contribution in [2.24, 2.45) is 0 Å². The maximum Gasteiger partial charge on any atom is 0 e. The normalized spacial score (nSPS) is 3.60. The molecule has 0 aliphatic heterocycles. The molecule has 0 nitrogen and oxygen atoms in total. The van der Waals surface area contributed by atoms with E-state index in [1.54, 1.807) is 0 Å². The van der Waals surface area contributed by atoms with Gasteiger partial charge in [0.05, 0.1) is 0 Å². The summed E-state index contributed by atoms with van der Waals surface area (Å²) in [5, 5.41) is 0. The summed E-state index contributed by atoms with van der Waals surface area (Å²) >= 11 is 0. The molecule has 0 bridgehead atoms. The van der Waals surface area contributed by atoms with Crippen LogP contribution in [0.4, 0.5) is 0 Å². The Kier molecular flexibility index (Phi) is 75.2. The van der Waals surface area contributed by atoms with Crippen molar-refractivity contribution in [1.82, 2.24) is 0 Å². The van der Waals surface area contributed by atoms with Gasteiger partial charge in [-0.2, -0.15) is 13.8 Å². The molecule has 0 aliphatic rings. The topological polar surface area (TPSA) is 0 Å². The molecule has 0 unspecified atom stereocenters. The molecular formula is C4H10Au-2. The van der Waals surface area contributed by atoms with Crippen molar-refractivity contribution in [2.75, 3.05) is 0 Å². The summed E-state index contributed by atoms with van der Waals surface area (Å²) in [6, 6.07) is 0.